The van der Waals surface area contributed by atoms with Crippen molar-refractivity contribution < 1.29 is 19.0 Å². The standard InChI is InChI=1S/C13H18FNO3/c1-17-8-12(16)6-15-11-4-9-2-3-10(14)5-13(9)18-7-11/h2-3,5,11-12,15-16H,4,6-8H2,1H3/t11?,12-/m1/s1. The second kappa shape index (κ2) is 6.13. The molecule has 100 valence electrons. The minimum absolute atomic E-state index is 0.134. The lowest BCUT2D eigenvalue weighted by molar-refractivity contribution is 0.0607. The Morgan fingerprint density at radius 2 is 2.44 bits per heavy atom. The van der Waals surface area contributed by atoms with Crippen LogP contribution in [0.1, 0.15) is 5.56 Å². The maximum absolute atomic E-state index is 13.0. The topological polar surface area (TPSA) is 50.7 Å². The largest absolute Gasteiger partial charge is 0.492 e. The molecule has 0 bridgehead atoms. The highest BCUT2D eigenvalue weighted by atomic mass is 19.1. The quantitative estimate of drug-likeness (QED) is 0.814. The van der Waals surface area contributed by atoms with E-state index in [-0.39, 0.29) is 11.9 Å². The number of rotatable bonds is 5. The van der Waals surface area contributed by atoms with E-state index in [0.717, 1.165) is 12.0 Å². The van der Waals surface area contributed by atoms with Crippen molar-refractivity contribution in [3.05, 3.63) is 29.6 Å². The lowest BCUT2D eigenvalue weighted by atomic mass is 10.0. The zero-order valence-corrected chi connectivity index (χ0v) is 10.4. The predicted octanol–water partition coefficient (Wildman–Crippen LogP) is 0.726. The summed E-state index contributed by atoms with van der Waals surface area (Å²) in [6.07, 6.45) is 0.250. The molecule has 5 heteroatoms. The van der Waals surface area contributed by atoms with Crippen LogP contribution in [0.25, 0.3) is 0 Å². The smallest absolute Gasteiger partial charge is 0.126 e. The van der Waals surface area contributed by atoms with Crippen LogP contribution in [-0.2, 0) is 11.2 Å². The Balaban J connectivity index is 1.86. The third-order valence-corrected chi connectivity index (χ3v) is 2.94. The summed E-state index contributed by atoms with van der Waals surface area (Å²) in [5, 5.41) is 12.7. The zero-order chi connectivity index (χ0) is 13.0. The highest BCUT2D eigenvalue weighted by molar-refractivity contribution is 5.36. The molecular weight excluding hydrogens is 237 g/mol. The third-order valence-electron chi connectivity index (χ3n) is 2.94. The SMILES string of the molecule is COC[C@H](O)CNC1COc2cc(F)ccc2C1. The molecule has 2 rings (SSSR count). The first-order chi connectivity index (χ1) is 8.69. The number of aliphatic hydroxyl groups excluding tert-OH is 1. The summed E-state index contributed by atoms with van der Waals surface area (Å²) in [6, 6.07) is 4.72. The van der Waals surface area contributed by atoms with Gasteiger partial charge in [-0.3, -0.25) is 0 Å². The van der Waals surface area contributed by atoms with E-state index in [1.54, 1.807) is 13.2 Å². The number of benzene rings is 1. The Bertz CT molecular complexity index is 400. The Morgan fingerprint density at radius 1 is 1.61 bits per heavy atom. The van der Waals surface area contributed by atoms with E-state index in [0.29, 0.717) is 25.5 Å². The lowest BCUT2D eigenvalue weighted by Gasteiger charge is -2.27. The average Bonchev–Trinajstić information content (AvgIpc) is 2.36. The van der Waals surface area contributed by atoms with Crippen LogP contribution in [0.4, 0.5) is 4.39 Å². The molecule has 2 atom stereocenters. The van der Waals surface area contributed by atoms with Gasteiger partial charge in [0.15, 0.2) is 0 Å². The minimum Gasteiger partial charge on any atom is -0.492 e. The van der Waals surface area contributed by atoms with E-state index >= 15 is 0 Å². The summed E-state index contributed by atoms with van der Waals surface area (Å²) in [6.45, 7) is 1.25. The Kier molecular flexibility index (Phi) is 4.52. The van der Waals surface area contributed by atoms with Gasteiger partial charge < -0.3 is 19.9 Å². The van der Waals surface area contributed by atoms with Gasteiger partial charge in [0, 0.05) is 25.8 Å². The molecule has 1 unspecified atom stereocenters. The number of methoxy groups -OCH3 is 1. The van der Waals surface area contributed by atoms with Gasteiger partial charge in [-0.25, -0.2) is 4.39 Å². The molecule has 0 spiro atoms. The predicted molar refractivity (Wildman–Crippen MR) is 65.3 cm³/mol. The van der Waals surface area contributed by atoms with Gasteiger partial charge in [-0.05, 0) is 18.1 Å². The van der Waals surface area contributed by atoms with Crippen LogP contribution in [0.3, 0.4) is 0 Å². The van der Waals surface area contributed by atoms with Crippen LogP contribution >= 0.6 is 0 Å². The minimum atomic E-state index is -0.524. The fourth-order valence-corrected chi connectivity index (χ4v) is 2.03. The first kappa shape index (κ1) is 13.3. The van der Waals surface area contributed by atoms with Crippen molar-refractivity contribution in [3.63, 3.8) is 0 Å². The van der Waals surface area contributed by atoms with Crippen molar-refractivity contribution in [2.24, 2.45) is 0 Å². The second-order valence-corrected chi connectivity index (χ2v) is 4.48. The normalized spacial score (nSPS) is 20.1. The van der Waals surface area contributed by atoms with Gasteiger partial charge in [-0.2, -0.15) is 0 Å². The van der Waals surface area contributed by atoms with Crippen LogP contribution in [0.15, 0.2) is 18.2 Å². The molecule has 4 nitrogen and oxygen atoms in total. The highest BCUT2D eigenvalue weighted by Gasteiger charge is 2.20. The summed E-state index contributed by atoms with van der Waals surface area (Å²) >= 11 is 0. The summed E-state index contributed by atoms with van der Waals surface area (Å²) in [5.74, 6) is 0.334. The molecule has 1 aliphatic rings. The van der Waals surface area contributed by atoms with Gasteiger partial charge in [-0.1, -0.05) is 6.07 Å². The molecular formula is C13H18FNO3. The van der Waals surface area contributed by atoms with Crippen molar-refractivity contribution in [2.45, 2.75) is 18.6 Å². The van der Waals surface area contributed by atoms with Gasteiger partial charge in [0.05, 0.1) is 12.7 Å². The molecule has 0 aromatic heterocycles. The van der Waals surface area contributed by atoms with Gasteiger partial charge >= 0.3 is 0 Å². The summed E-state index contributed by atoms with van der Waals surface area (Å²) in [5.41, 5.74) is 0.987. The summed E-state index contributed by atoms with van der Waals surface area (Å²) in [4.78, 5) is 0. The van der Waals surface area contributed by atoms with Crippen molar-refractivity contribution in [3.8, 4) is 5.75 Å². The monoisotopic (exact) mass is 255 g/mol. The molecule has 1 aromatic carbocycles. The molecule has 0 amide bonds. The van der Waals surface area contributed by atoms with Gasteiger partial charge in [0.25, 0.3) is 0 Å². The molecule has 18 heavy (non-hydrogen) atoms. The number of hydrogen-bond donors (Lipinski definition) is 2. The van der Waals surface area contributed by atoms with Crippen LogP contribution in [-0.4, -0.2) is 44.1 Å². The number of ether oxygens (including phenoxy) is 2. The van der Waals surface area contributed by atoms with Gasteiger partial charge in [0.1, 0.15) is 18.2 Å². The Hall–Kier alpha value is -1.17. The lowest BCUT2D eigenvalue weighted by Crippen LogP contribution is -2.43. The van der Waals surface area contributed by atoms with Crippen LogP contribution in [0.2, 0.25) is 0 Å². The van der Waals surface area contributed by atoms with Crippen molar-refractivity contribution in [1.29, 1.82) is 0 Å². The number of halogens is 1. The van der Waals surface area contributed by atoms with E-state index in [9.17, 15) is 9.50 Å². The number of aliphatic hydroxyl groups is 1. The molecule has 1 heterocycles. The fourth-order valence-electron chi connectivity index (χ4n) is 2.03. The first-order valence-electron chi connectivity index (χ1n) is 6.00. The fraction of sp³-hybridized carbons (Fsp3) is 0.538. The van der Waals surface area contributed by atoms with E-state index in [1.807, 2.05) is 0 Å². The Morgan fingerprint density at radius 3 is 3.22 bits per heavy atom. The molecule has 0 saturated heterocycles. The van der Waals surface area contributed by atoms with Gasteiger partial charge in [0.2, 0.25) is 0 Å². The van der Waals surface area contributed by atoms with E-state index < -0.39 is 6.10 Å². The maximum Gasteiger partial charge on any atom is 0.126 e. The maximum atomic E-state index is 13.0. The van der Waals surface area contributed by atoms with Crippen molar-refractivity contribution >= 4 is 0 Å². The van der Waals surface area contributed by atoms with Crippen LogP contribution in [0, 0.1) is 5.82 Å². The number of nitrogens with one attached hydrogen (secondary N) is 1. The molecule has 1 aliphatic heterocycles. The number of fused-ring (bicyclic) bond motifs is 1. The molecule has 0 fully saturated rings. The first-order valence-corrected chi connectivity index (χ1v) is 6.00. The van der Waals surface area contributed by atoms with Crippen LogP contribution < -0.4 is 10.1 Å². The van der Waals surface area contributed by atoms with E-state index in [4.69, 9.17) is 9.47 Å². The molecule has 1 aromatic rings. The van der Waals surface area contributed by atoms with Gasteiger partial charge in [-0.15, -0.1) is 0 Å². The highest BCUT2D eigenvalue weighted by Crippen LogP contribution is 2.25. The van der Waals surface area contributed by atoms with Crippen LogP contribution in [0.5, 0.6) is 5.75 Å². The molecule has 2 N–H and O–H groups in total. The Labute approximate surface area is 106 Å². The summed E-state index contributed by atoms with van der Waals surface area (Å²) < 4.78 is 23.3. The summed E-state index contributed by atoms with van der Waals surface area (Å²) in [7, 11) is 1.55. The third kappa shape index (κ3) is 3.41. The molecule has 0 aliphatic carbocycles. The number of hydrogen-bond acceptors (Lipinski definition) is 4. The van der Waals surface area contributed by atoms with Crippen molar-refractivity contribution in [2.75, 3.05) is 26.9 Å². The molecule has 0 radical (unpaired) electrons. The van der Waals surface area contributed by atoms with E-state index in [2.05, 4.69) is 5.32 Å². The molecule has 0 saturated carbocycles. The van der Waals surface area contributed by atoms with E-state index in [1.165, 1.54) is 12.1 Å². The van der Waals surface area contributed by atoms with Crippen molar-refractivity contribution in [1.82, 2.24) is 5.32 Å². The average molecular weight is 255 g/mol. The zero-order valence-electron chi connectivity index (χ0n) is 10.4. The second-order valence-electron chi connectivity index (χ2n) is 4.48.